The molecule has 0 aliphatic carbocycles. The summed E-state index contributed by atoms with van der Waals surface area (Å²) < 4.78 is 5.32. The molecule has 0 spiro atoms. The molecule has 43 heavy (non-hydrogen) atoms. The molecule has 0 unspecified atom stereocenters. The van der Waals surface area contributed by atoms with Crippen molar-refractivity contribution in [2.75, 3.05) is 26.3 Å². The van der Waals surface area contributed by atoms with Gasteiger partial charge in [0.15, 0.2) is 5.78 Å². The number of hydrogen-bond donors (Lipinski definition) is 3. The topological polar surface area (TPSA) is 193 Å². The number of carboxylic acid groups (broad SMARTS) is 1. The van der Waals surface area contributed by atoms with Crippen LogP contribution in [0.5, 0.6) is 0 Å². The van der Waals surface area contributed by atoms with Crippen molar-refractivity contribution in [2.45, 2.75) is 79.2 Å². The van der Waals surface area contributed by atoms with Crippen LogP contribution in [0.4, 0.5) is 0 Å². The number of aliphatic carboxylic acids is 1. The van der Waals surface area contributed by atoms with Crippen molar-refractivity contribution in [2.24, 2.45) is 23.7 Å². The van der Waals surface area contributed by atoms with E-state index in [4.69, 9.17) is 4.74 Å². The maximum Gasteiger partial charge on any atom is 0.306 e. The Morgan fingerprint density at radius 3 is 2.05 bits per heavy atom. The molecule has 4 amide bonds. The molecule has 1 aliphatic rings. The predicted molar refractivity (Wildman–Crippen MR) is 154 cm³/mol. The van der Waals surface area contributed by atoms with Gasteiger partial charge in [-0.3, -0.25) is 43.3 Å². The maximum absolute atomic E-state index is 12.8. The van der Waals surface area contributed by atoms with E-state index in [0.717, 1.165) is 17.1 Å². The van der Waals surface area contributed by atoms with Crippen LogP contribution in [-0.2, 0) is 43.1 Å². The number of amides is 4. The van der Waals surface area contributed by atoms with Crippen LogP contribution in [0.25, 0.3) is 0 Å². The zero-order valence-electron chi connectivity index (χ0n) is 25.7. The number of ether oxygens (including phenoxy) is 1. The van der Waals surface area contributed by atoms with Crippen LogP contribution >= 0.6 is 0 Å². The molecule has 13 heteroatoms. The molecule has 1 rings (SSSR count). The van der Waals surface area contributed by atoms with E-state index in [2.05, 4.69) is 10.6 Å². The summed E-state index contributed by atoms with van der Waals surface area (Å²) in [5, 5.41) is 14.8. The van der Waals surface area contributed by atoms with Gasteiger partial charge in [-0.2, -0.15) is 0 Å². The Morgan fingerprint density at radius 2 is 1.49 bits per heavy atom. The third-order valence-corrected chi connectivity index (χ3v) is 6.99. The van der Waals surface area contributed by atoms with Crippen LogP contribution in [0.15, 0.2) is 12.2 Å². The number of nitrogens with zero attached hydrogens (tertiary/aromatic N) is 1. The molecule has 13 nitrogen and oxygen atoms in total. The van der Waals surface area contributed by atoms with Gasteiger partial charge in [0.2, 0.25) is 11.8 Å². The zero-order valence-corrected chi connectivity index (χ0v) is 25.7. The summed E-state index contributed by atoms with van der Waals surface area (Å²) in [6.45, 7) is 8.98. The molecule has 0 saturated heterocycles. The van der Waals surface area contributed by atoms with E-state index in [-0.39, 0.29) is 99.9 Å². The van der Waals surface area contributed by atoms with Crippen LogP contribution in [0.3, 0.4) is 0 Å². The van der Waals surface area contributed by atoms with Crippen molar-refractivity contribution >= 4 is 46.9 Å². The third kappa shape index (κ3) is 13.9. The van der Waals surface area contributed by atoms with E-state index in [9.17, 15) is 43.5 Å². The maximum atomic E-state index is 12.8. The average Bonchev–Trinajstić information content (AvgIpc) is 3.25. The minimum Gasteiger partial charge on any atom is -0.481 e. The molecular weight excluding hydrogens is 562 g/mol. The Bertz CT molecular complexity index is 1060. The number of nitrogens with one attached hydrogen (secondary N) is 2. The van der Waals surface area contributed by atoms with E-state index >= 15 is 0 Å². The van der Waals surface area contributed by atoms with Crippen LogP contribution in [0.2, 0.25) is 0 Å². The lowest BCUT2D eigenvalue weighted by molar-refractivity contribution is -0.144. The summed E-state index contributed by atoms with van der Waals surface area (Å²) in [5.41, 5.74) is 0. The summed E-state index contributed by atoms with van der Waals surface area (Å²) in [4.78, 5) is 97.3. The smallest absolute Gasteiger partial charge is 0.306 e. The fourth-order valence-corrected chi connectivity index (χ4v) is 4.46. The van der Waals surface area contributed by atoms with Gasteiger partial charge in [-0.15, -0.1) is 0 Å². The Labute approximate surface area is 252 Å². The van der Waals surface area contributed by atoms with Crippen LogP contribution in [0.1, 0.15) is 73.1 Å². The summed E-state index contributed by atoms with van der Waals surface area (Å²) in [6, 6.07) is -0.808. The average molecular weight is 608 g/mol. The first-order valence-corrected chi connectivity index (χ1v) is 14.6. The highest BCUT2D eigenvalue weighted by molar-refractivity contribution is 6.13. The second-order valence-corrected chi connectivity index (χ2v) is 11.4. The second-order valence-electron chi connectivity index (χ2n) is 11.4. The first-order chi connectivity index (χ1) is 20.1. The third-order valence-electron chi connectivity index (χ3n) is 6.99. The van der Waals surface area contributed by atoms with Crippen molar-refractivity contribution in [1.29, 1.82) is 0 Å². The summed E-state index contributed by atoms with van der Waals surface area (Å²) >= 11 is 0. The molecule has 0 aromatic heterocycles. The normalized spacial score (nSPS) is 15.0. The van der Waals surface area contributed by atoms with Crippen LogP contribution in [0, 0.1) is 23.7 Å². The lowest BCUT2D eigenvalue weighted by atomic mass is 9.88. The predicted octanol–water partition coefficient (Wildman–Crippen LogP) is 1.23. The SMILES string of the molecule is CC(C)C(=O)[C@H](C)CC(=O)[C@@H](NC(=O)CC[C@H](CC(=O)CCOCCNC(=O)CCN1C(=O)C=CC1=O)C(=O)O)C(C)C. The highest BCUT2D eigenvalue weighted by Crippen LogP contribution is 2.17. The van der Waals surface area contributed by atoms with E-state index in [1.54, 1.807) is 34.6 Å². The van der Waals surface area contributed by atoms with Gasteiger partial charge in [0, 0.05) is 69.2 Å². The number of imide groups is 1. The van der Waals surface area contributed by atoms with Gasteiger partial charge < -0.3 is 20.5 Å². The summed E-state index contributed by atoms with van der Waals surface area (Å²) in [6.07, 6.45) is 1.61. The lowest BCUT2D eigenvalue weighted by Crippen LogP contribution is -2.45. The molecule has 0 aromatic rings. The van der Waals surface area contributed by atoms with Crippen molar-refractivity contribution < 1.29 is 48.2 Å². The van der Waals surface area contributed by atoms with Gasteiger partial charge in [0.25, 0.3) is 11.8 Å². The fourth-order valence-electron chi connectivity index (χ4n) is 4.46. The quantitative estimate of drug-likeness (QED) is 0.119. The van der Waals surface area contributed by atoms with Crippen LogP contribution in [-0.4, -0.2) is 89.3 Å². The summed E-state index contributed by atoms with van der Waals surface area (Å²) in [5.74, 6) is -5.67. The molecule has 0 aromatic carbocycles. The van der Waals surface area contributed by atoms with Gasteiger partial charge in [-0.25, -0.2) is 0 Å². The van der Waals surface area contributed by atoms with Crippen LogP contribution < -0.4 is 10.6 Å². The van der Waals surface area contributed by atoms with Gasteiger partial charge >= 0.3 is 5.97 Å². The van der Waals surface area contributed by atoms with Gasteiger partial charge in [-0.1, -0.05) is 34.6 Å². The molecule has 1 heterocycles. The second kappa shape index (κ2) is 18.7. The van der Waals surface area contributed by atoms with Gasteiger partial charge in [0.1, 0.15) is 11.6 Å². The number of carboxylic acids is 1. The van der Waals surface area contributed by atoms with Crippen molar-refractivity contribution in [3.63, 3.8) is 0 Å². The molecule has 0 saturated carbocycles. The molecule has 3 atom stereocenters. The van der Waals surface area contributed by atoms with E-state index in [1.807, 2.05) is 0 Å². The zero-order chi connectivity index (χ0) is 32.7. The standard InChI is InChI=1S/C30H45N3O10/c1-18(2)28(23(35)16-20(5)29(40)19(3)4)32-25(37)7-6-21(30(41)42)17-22(34)11-14-43-15-12-31-24(36)10-13-33-26(38)8-9-27(33)39/h8-9,18-21,28H,6-7,10-17H2,1-5H3,(H,31,36)(H,32,37)(H,41,42)/t20-,21-,28+/m1/s1. The highest BCUT2D eigenvalue weighted by Gasteiger charge is 2.29. The number of hydrogen-bond acceptors (Lipinski definition) is 9. The molecular formula is C30H45N3O10. The first-order valence-electron chi connectivity index (χ1n) is 14.6. The number of carbonyl (C=O) groups is 8. The van der Waals surface area contributed by atoms with Crippen molar-refractivity contribution in [1.82, 2.24) is 15.5 Å². The van der Waals surface area contributed by atoms with E-state index in [1.165, 1.54) is 0 Å². The molecule has 240 valence electrons. The Balaban J connectivity index is 2.36. The monoisotopic (exact) mass is 607 g/mol. The number of ketones is 3. The molecule has 3 N–H and O–H groups in total. The minimum absolute atomic E-state index is 0.00181. The Morgan fingerprint density at radius 1 is 0.860 bits per heavy atom. The van der Waals surface area contributed by atoms with Crippen molar-refractivity contribution in [3.8, 4) is 0 Å². The number of Topliss-reactive ketones (excluding diaryl/α,β-unsaturated/α-hetero) is 3. The number of rotatable bonds is 22. The first kappa shape index (κ1) is 37.3. The van der Waals surface area contributed by atoms with E-state index < -0.39 is 41.6 Å². The van der Waals surface area contributed by atoms with Crippen molar-refractivity contribution in [3.05, 3.63) is 12.2 Å². The van der Waals surface area contributed by atoms with Gasteiger partial charge in [-0.05, 0) is 12.3 Å². The Kier molecular flexibility index (Phi) is 16.2. The molecule has 0 radical (unpaired) electrons. The molecule has 1 aliphatic heterocycles. The summed E-state index contributed by atoms with van der Waals surface area (Å²) in [7, 11) is 0. The number of carbonyl (C=O) groups excluding carboxylic acids is 7. The fraction of sp³-hybridized carbons (Fsp3) is 0.667. The van der Waals surface area contributed by atoms with E-state index in [0.29, 0.717) is 0 Å². The highest BCUT2D eigenvalue weighted by atomic mass is 16.5. The van der Waals surface area contributed by atoms with Gasteiger partial charge in [0.05, 0.1) is 25.2 Å². The Hall–Kier alpha value is -3.74. The minimum atomic E-state index is -1.21. The molecule has 0 bridgehead atoms. The lowest BCUT2D eigenvalue weighted by Gasteiger charge is -2.23. The molecule has 0 fully saturated rings. The largest absolute Gasteiger partial charge is 0.481 e.